The van der Waals surface area contributed by atoms with Crippen molar-refractivity contribution in [1.82, 2.24) is 9.88 Å². The summed E-state index contributed by atoms with van der Waals surface area (Å²) in [5, 5.41) is 3.52. The van der Waals surface area contributed by atoms with Crippen LogP contribution in [0.5, 0.6) is 0 Å². The highest BCUT2D eigenvalue weighted by atomic mass is 19.1. The zero-order valence-corrected chi connectivity index (χ0v) is 12.2. The Hall–Kier alpha value is -1.68. The van der Waals surface area contributed by atoms with Crippen LogP contribution in [0.3, 0.4) is 0 Å². The monoisotopic (exact) mass is 290 g/mol. The fraction of sp³-hybridized carbons (Fsp3) is 0.412. The number of nitrogens with zero attached hydrogens (tertiary/aromatic N) is 1. The van der Waals surface area contributed by atoms with Crippen molar-refractivity contribution >= 4 is 0 Å². The Labute approximate surface area is 123 Å². The Morgan fingerprint density at radius 1 is 1.29 bits per heavy atom. The Balaban J connectivity index is 1.75. The molecule has 1 heterocycles. The summed E-state index contributed by atoms with van der Waals surface area (Å²) < 4.78 is 28.6. The quantitative estimate of drug-likeness (QED) is 0.854. The molecule has 1 saturated carbocycles. The number of hydrogen-bond donors (Lipinski definition) is 1. The summed E-state index contributed by atoms with van der Waals surface area (Å²) in [6.07, 6.45) is 6.57. The van der Waals surface area contributed by atoms with Gasteiger partial charge in [-0.25, -0.2) is 8.78 Å². The standard InChI is InChI=1S/C17H20F2N2/c1-2-20-17(12-3-4-12)14-7-8-21(11-14)10-13-5-6-15(18)9-16(13)19/h5-9,11-12,17,20H,2-4,10H2,1H3. The first-order valence-corrected chi connectivity index (χ1v) is 7.50. The van der Waals surface area contributed by atoms with Crippen LogP contribution in [0, 0.1) is 17.6 Å². The lowest BCUT2D eigenvalue weighted by Crippen LogP contribution is -2.22. The number of benzene rings is 1. The van der Waals surface area contributed by atoms with Gasteiger partial charge in [-0.05, 0) is 43.0 Å². The van der Waals surface area contributed by atoms with Gasteiger partial charge in [0.25, 0.3) is 0 Å². The molecule has 1 atom stereocenters. The van der Waals surface area contributed by atoms with E-state index in [2.05, 4.69) is 24.5 Å². The van der Waals surface area contributed by atoms with Crippen molar-refractivity contribution in [2.45, 2.75) is 32.4 Å². The van der Waals surface area contributed by atoms with Crippen LogP contribution < -0.4 is 5.32 Å². The van der Waals surface area contributed by atoms with Crippen LogP contribution in [0.2, 0.25) is 0 Å². The Morgan fingerprint density at radius 2 is 2.10 bits per heavy atom. The van der Waals surface area contributed by atoms with Crippen LogP contribution in [-0.4, -0.2) is 11.1 Å². The highest BCUT2D eigenvalue weighted by Crippen LogP contribution is 2.41. The maximum atomic E-state index is 13.7. The van der Waals surface area contributed by atoms with E-state index < -0.39 is 11.6 Å². The Morgan fingerprint density at radius 3 is 2.76 bits per heavy atom. The topological polar surface area (TPSA) is 17.0 Å². The van der Waals surface area contributed by atoms with Gasteiger partial charge in [-0.1, -0.05) is 13.0 Å². The molecular formula is C17H20F2N2. The van der Waals surface area contributed by atoms with Crippen molar-refractivity contribution in [3.05, 3.63) is 59.4 Å². The van der Waals surface area contributed by atoms with E-state index >= 15 is 0 Å². The van der Waals surface area contributed by atoms with Gasteiger partial charge in [-0.2, -0.15) is 0 Å². The maximum absolute atomic E-state index is 13.7. The van der Waals surface area contributed by atoms with E-state index in [0.29, 0.717) is 18.2 Å². The number of halogens is 2. The van der Waals surface area contributed by atoms with E-state index in [0.717, 1.165) is 18.5 Å². The lowest BCUT2D eigenvalue weighted by molar-refractivity contribution is 0.495. The summed E-state index contributed by atoms with van der Waals surface area (Å²) >= 11 is 0. The SMILES string of the molecule is CCNC(c1ccn(Cc2ccc(F)cc2F)c1)C1CC1. The van der Waals surface area contributed by atoms with Gasteiger partial charge in [0.05, 0.1) is 0 Å². The van der Waals surface area contributed by atoms with Crippen molar-refractivity contribution in [2.75, 3.05) is 6.54 Å². The zero-order valence-electron chi connectivity index (χ0n) is 12.2. The van der Waals surface area contributed by atoms with Gasteiger partial charge in [0.2, 0.25) is 0 Å². The first-order chi connectivity index (χ1) is 10.2. The molecule has 112 valence electrons. The fourth-order valence-corrected chi connectivity index (χ4v) is 2.79. The summed E-state index contributed by atoms with van der Waals surface area (Å²) in [7, 11) is 0. The molecule has 1 N–H and O–H groups in total. The third-order valence-electron chi connectivity index (χ3n) is 4.02. The predicted octanol–water partition coefficient (Wildman–Crippen LogP) is 3.88. The summed E-state index contributed by atoms with van der Waals surface area (Å²) in [4.78, 5) is 0. The Kier molecular flexibility index (Phi) is 4.06. The van der Waals surface area contributed by atoms with Crippen LogP contribution in [-0.2, 0) is 6.54 Å². The van der Waals surface area contributed by atoms with Crippen LogP contribution in [0.1, 0.15) is 36.9 Å². The molecule has 1 aromatic carbocycles. The molecule has 0 aliphatic heterocycles. The third-order valence-corrected chi connectivity index (χ3v) is 4.02. The van der Waals surface area contributed by atoms with Gasteiger partial charge in [0.1, 0.15) is 11.6 Å². The van der Waals surface area contributed by atoms with Crippen molar-refractivity contribution in [1.29, 1.82) is 0 Å². The minimum absolute atomic E-state index is 0.398. The first-order valence-electron chi connectivity index (χ1n) is 7.50. The minimum Gasteiger partial charge on any atom is -0.349 e. The number of hydrogen-bond acceptors (Lipinski definition) is 1. The van der Waals surface area contributed by atoms with Gasteiger partial charge >= 0.3 is 0 Å². The zero-order chi connectivity index (χ0) is 14.8. The number of nitrogens with one attached hydrogen (secondary N) is 1. The summed E-state index contributed by atoms with van der Waals surface area (Å²) in [5.74, 6) is -0.301. The van der Waals surface area contributed by atoms with E-state index in [-0.39, 0.29) is 0 Å². The highest BCUT2D eigenvalue weighted by Gasteiger charge is 2.32. The van der Waals surface area contributed by atoms with Crippen molar-refractivity contribution in [3.63, 3.8) is 0 Å². The van der Waals surface area contributed by atoms with Crippen molar-refractivity contribution < 1.29 is 8.78 Å². The molecule has 2 aromatic rings. The van der Waals surface area contributed by atoms with E-state index in [1.54, 1.807) is 0 Å². The average Bonchev–Trinajstić information content (AvgIpc) is 3.19. The van der Waals surface area contributed by atoms with Gasteiger partial charge in [0.15, 0.2) is 0 Å². The summed E-state index contributed by atoms with van der Waals surface area (Å²) in [5.41, 5.74) is 1.76. The predicted molar refractivity (Wildman–Crippen MR) is 79.0 cm³/mol. The lowest BCUT2D eigenvalue weighted by atomic mass is 10.1. The molecule has 0 spiro atoms. The maximum Gasteiger partial charge on any atom is 0.131 e. The molecule has 1 fully saturated rings. The highest BCUT2D eigenvalue weighted by molar-refractivity contribution is 5.22. The van der Waals surface area contributed by atoms with E-state index in [9.17, 15) is 8.78 Å². The van der Waals surface area contributed by atoms with Crippen LogP contribution in [0.4, 0.5) is 8.78 Å². The van der Waals surface area contributed by atoms with Gasteiger partial charge in [0, 0.05) is 36.6 Å². The Bertz CT molecular complexity index is 617. The molecule has 0 saturated heterocycles. The van der Waals surface area contributed by atoms with E-state index in [4.69, 9.17) is 0 Å². The van der Waals surface area contributed by atoms with Crippen LogP contribution >= 0.6 is 0 Å². The largest absolute Gasteiger partial charge is 0.349 e. The second kappa shape index (κ2) is 5.98. The van der Waals surface area contributed by atoms with Crippen LogP contribution in [0.15, 0.2) is 36.7 Å². The molecule has 0 bridgehead atoms. The van der Waals surface area contributed by atoms with Crippen LogP contribution in [0.25, 0.3) is 0 Å². The van der Waals surface area contributed by atoms with Gasteiger partial charge in [-0.3, -0.25) is 0 Å². The molecular weight excluding hydrogens is 270 g/mol. The molecule has 4 heteroatoms. The normalized spacial score (nSPS) is 16.1. The smallest absolute Gasteiger partial charge is 0.131 e. The molecule has 0 amide bonds. The van der Waals surface area contributed by atoms with Gasteiger partial charge in [-0.15, -0.1) is 0 Å². The lowest BCUT2D eigenvalue weighted by Gasteiger charge is -2.15. The fourth-order valence-electron chi connectivity index (χ4n) is 2.79. The summed E-state index contributed by atoms with van der Waals surface area (Å²) in [6, 6.07) is 6.23. The summed E-state index contributed by atoms with van der Waals surface area (Å²) in [6.45, 7) is 3.48. The first kappa shape index (κ1) is 14.3. The molecule has 1 aromatic heterocycles. The molecule has 3 rings (SSSR count). The molecule has 1 unspecified atom stereocenters. The molecule has 1 aliphatic carbocycles. The average molecular weight is 290 g/mol. The second-order valence-electron chi connectivity index (χ2n) is 5.73. The third kappa shape index (κ3) is 3.32. The molecule has 21 heavy (non-hydrogen) atoms. The van der Waals surface area contributed by atoms with Crippen molar-refractivity contribution in [3.8, 4) is 0 Å². The number of rotatable bonds is 6. The second-order valence-corrected chi connectivity index (χ2v) is 5.73. The van der Waals surface area contributed by atoms with Gasteiger partial charge < -0.3 is 9.88 Å². The minimum atomic E-state index is -0.537. The van der Waals surface area contributed by atoms with Crippen molar-refractivity contribution in [2.24, 2.45) is 5.92 Å². The van der Waals surface area contributed by atoms with E-state index in [1.165, 1.54) is 30.5 Å². The molecule has 2 nitrogen and oxygen atoms in total. The number of aromatic nitrogens is 1. The molecule has 1 aliphatic rings. The van der Waals surface area contributed by atoms with E-state index in [1.807, 2.05) is 10.8 Å². The molecule has 0 radical (unpaired) electrons.